The summed E-state index contributed by atoms with van der Waals surface area (Å²) >= 11 is 6.87. The van der Waals surface area contributed by atoms with Crippen LogP contribution in [0.25, 0.3) is 0 Å². The van der Waals surface area contributed by atoms with E-state index in [0.717, 1.165) is 41.1 Å². The molecule has 14 heavy (non-hydrogen) atoms. The maximum absolute atomic E-state index is 5.28. The number of rotatable bonds is 1. The van der Waals surface area contributed by atoms with Gasteiger partial charge in [-0.3, -0.25) is 0 Å². The largest absolute Gasteiger partial charge is 0.378 e. The van der Waals surface area contributed by atoms with Crippen molar-refractivity contribution in [3.63, 3.8) is 0 Å². The minimum atomic E-state index is 0.787. The number of ether oxygens (including phenoxy) is 1. The monoisotopic (exact) mass is 320 g/mol. The van der Waals surface area contributed by atoms with Gasteiger partial charge in [-0.2, -0.15) is 0 Å². The van der Waals surface area contributed by atoms with E-state index in [-0.39, 0.29) is 0 Å². The van der Waals surface area contributed by atoms with Crippen molar-refractivity contribution < 1.29 is 4.74 Å². The zero-order chi connectivity index (χ0) is 9.97. The second-order valence-electron chi connectivity index (χ2n) is 3.06. The molecule has 1 aromatic heterocycles. The maximum Gasteiger partial charge on any atom is 0.129 e. The number of hydrogen-bond donors (Lipinski definition) is 0. The number of pyridine rings is 1. The summed E-state index contributed by atoms with van der Waals surface area (Å²) in [4.78, 5) is 6.58. The van der Waals surface area contributed by atoms with Gasteiger partial charge in [-0.15, -0.1) is 0 Å². The van der Waals surface area contributed by atoms with Crippen LogP contribution in [0.2, 0.25) is 0 Å². The van der Waals surface area contributed by atoms with Crippen molar-refractivity contribution in [3.05, 3.63) is 21.2 Å². The Morgan fingerprint density at radius 3 is 2.57 bits per heavy atom. The second kappa shape index (κ2) is 4.59. The van der Waals surface area contributed by atoms with E-state index >= 15 is 0 Å². The summed E-state index contributed by atoms with van der Waals surface area (Å²) in [6.45, 7) is 3.41. The Hall–Kier alpha value is -0.130. The van der Waals surface area contributed by atoms with Gasteiger partial charge < -0.3 is 9.64 Å². The SMILES string of the molecule is Brc1cnc(N2CCOCC2)cc1Br. The normalized spacial score (nSPS) is 17.1. The zero-order valence-electron chi connectivity index (χ0n) is 7.54. The van der Waals surface area contributed by atoms with Crippen LogP contribution in [0, 0.1) is 0 Å². The van der Waals surface area contributed by atoms with E-state index in [1.807, 2.05) is 12.3 Å². The Labute approximate surface area is 99.7 Å². The van der Waals surface area contributed by atoms with Crippen LogP contribution in [0.1, 0.15) is 0 Å². The first kappa shape index (κ1) is 10.4. The van der Waals surface area contributed by atoms with E-state index in [1.165, 1.54) is 0 Å². The van der Waals surface area contributed by atoms with E-state index < -0.39 is 0 Å². The first-order chi connectivity index (χ1) is 6.77. The lowest BCUT2D eigenvalue weighted by molar-refractivity contribution is 0.122. The summed E-state index contributed by atoms with van der Waals surface area (Å²) in [6, 6.07) is 2.02. The molecular formula is C9H10Br2N2O. The highest BCUT2D eigenvalue weighted by atomic mass is 79.9. The maximum atomic E-state index is 5.28. The van der Waals surface area contributed by atoms with Crippen molar-refractivity contribution >= 4 is 37.7 Å². The summed E-state index contributed by atoms with van der Waals surface area (Å²) in [5.74, 6) is 1.00. The van der Waals surface area contributed by atoms with Crippen molar-refractivity contribution in [1.29, 1.82) is 0 Å². The van der Waals surface area contributed by atoms with Crippen molar-refractivity contribution in [2.45, 2.75) is 0 Å². The van der Waals surface area contributed by atoms with E-state index in [4.69, 9.17) is 4.74 Å². The highest BCUT2D eigenvalue weighted by Gasteiger charge is 2.12. The number of morpholine rings is 1. The molecule has 1 aliphatic rings. The number of nitrogens with zero attached hydrogens (tertiary/aromatic N) is 2. The molecule has 76 valence electrons. The van der Waals surface area contributed by atoms with Crippen molar-refractivity contribution in [3.8, 4) is 0 Å². The Kier molecular flexibility index (Phi) is 3.41. The Balaban J connectivity index is 2.18. The molecule has 0 unspecified atom stereocenters. The molecule has 0 saturated carbocycles. The van der Waals surface area contributed by atoms with Gasteiger partial charge in [0.05, 0.1) is 17.7 Å². The Bertz CT molecular complexity index is 327. The predicted octanol–water partition coefficient (Wildman–Crippen LogP) is 2.44. The molecule has 1 fully saturated rings. The molecule has 1 aromatic rings. The molecular weight excluding hydrogens is 312 g/mol. The van der Waals surface area contributed by atoms with E-state index in [2.05, 4.69) is 41.7 Å². The number of halogens is 2. The van der Waals surface area contributed by atoms with E-state index in [9.17, 15) is 0 Å². The van der Waals surface area contributed by atoms with Crippen LogP contribution in [0.5, 0.6) is 0 Å². The Morgan fingerprint density at radius 2 is 1.93 bits per heavy atom. The van der Waals surface area contributed by atoms with Gasteiger partial charge in [0.1, 0.15) is 5.82 Å². The van der Waals surface area contributed by atoms with Crippen molar-refractivity contribution in [2.24, 2.45) is 0 Å². The minimum Gasteiger partial charge on any atom is -0.378 e. The molecule has 1 aliphatic heterocycles. The average molecular weight is 322 g/mol. The molecule has 1 saturated heterocycles. The van der Waals surface area contributed by atoms with Gasteiger partial charge in [0, 0.05) is 23.8 Å². The number of anilines is 1. The third-order valence-electron chi connectivity index (χ3n) is 2.13. The third-order valence-corrected chi connectivity index (χ3v) is 3.95. The van der Waals surface area contributed by atoms with Crippen LogP contribution in [0.3, 0.4) is 0 Å². The summed E-state index contributed by atoms with van der Waals surface area (Å²) in [7, 11) is 0. The molecule has 0 spiro atoms. The molecule has 3 nitrogen and oxygen atoms in total. The zero-order valence-corrected chi connectivity index (χ0v) is 10.7. The lowest BCUT2D eigenvalue weighted by Gasteiger charge is -2.27. The summed E-state index contributed by atoms with van der Waals surface area (Å²) < 4.78 is 7.30. The first-order valence-corrected chi connectivity index (χ1v) is 6.00. The molecule has 0 N–H and O–H groups in total. The van der Waals surface area contributed by atoms with Crippen LogP contribution >= 0.6 is 31.9 Å². The molecule has 0 radical (unpaired) electrons. The van der Waals surface area contributed by atoms with Crippen molar-refractivity contribution in [2.75, 3.05) is 31.2 Å². The summed E-state index contributed by atoms with van der Waals surface area (Å²) in [6.07, 6.45) is 1.81. The highest BCUT2D eigenvalue weighted by Crippen LogP contribution is 2.25. The third kappa shape index (κ3) is 2.27. The quantitative estimate of drug-likeness (QED) is 0.794. The number of aromatic nitrogens is 1. The Morgan fingerprint density at radius 1 is 1.21 bits per heavy atom. The van der Waals surface area contributed by atoms with Gasteiger partial charge in [0.15, 0.2) is 0 Å². The van der Waals surface area contributed by atoms with Crippen molar-refractivity contribution in [1.82, 2.24) is 4.98 Å². The highest BCUT2D eigenvalue weighted by molar-refractivity contribution is 9.13. The second-order valence-corrected chi connectivity index (χ2v) is 4.76. The molecule has 0 bridgehead atoms. The molecule has 0 aliphatic carbocycles. The van der Waals surface area contributed by atoms with Gasteiger partial charge in [-0.05, 0) is 37.9 Å². The van der Waals surface area contributed by atoms with E-state index in [1.54, 1.807) is 0 Å². The number of hydrogen-bond acceptors (Lipinski definition) is 3. The van der Waals surface area contributed by atoms with Crippen LogP contribution in [0.15, 0.2) is 21.2 Å². The van der Waals surface area contributed by atoms with Gasteiger partial charge in [0.25, 0.3) is 0 Å². The predicted molar refractivity (Wildman–Crippen MR) is 62.7 cm³/mol. The molecule has 0 aromatic carbocycles. The van der Waals surface area contributed by atoms with Crippen LogP contribution in [-0.2, 0) is 4.74 Å². The fourth-order valence-electron chi connectivity index (χ4n) is 1.37. The minimum absolute atomic E-state index is 0.787. The van der Waals surface area contributed by atoms with Gasteiger partial charge in [-0.1, -0.05) is 0 Å². The topological polar surface area (TPSA) is 25.4 Å². The van der Waals surface area contributed by atoms with E-state index in [0.29, 0.717) is 0 Å². The van der Waals surface area contributed by atoms with Gasteiger partial charge in [-0.25, -0.2) is 4.98 Å². The fraction of sp³-hybridized carbons (Fsp3) is 0.444. The fourth-order valence-corrected chi connectivity index (χ4v) is 1.89. The lowest BCUT2D eigenvalue weighted by Crippen LogP contribution is -2.36. The lowest BCUT2D eigenvalue weighted by atomic mass is 10.4. The molecule has 5 heteroatoms. The van der Waals surface area contributed by atoms with Crippen LogP contribution < -0.4 is 4.90 Å². The summed E-state index contributed by atoms with van der Waals surface area (Å²) in [5, 5.41) is 0. The smallest absolute Gasteiger partial charge is 0.129 e. The van der Waals surface area contributed by atoms with Crippen LogP contribution in [-0.4, -0.2) is 31.3 Å². The molecule has 2 rings (SSSR count). The van der Waals surface area contributed by atoms with Crippen LogP contribution in [0.4, 0.5) is 5.82 Å². The van der Waals surface area contributed by atoms with Gasteiger partial charge in [0.2, 0.25) is 0 Å². The molecule has 0 atom stereocenters. The van der Waals surface area contributed by atoms with Gasteiger partial charge >= 0.3 is 0 Å². The first-order valence-electron chi connectivity index (χ1n) is 4.41. The molecule has 0 amide bonds. The average Bonchev–Trinajstić information content (AvgIpc) is 2.23. The standard InChI is InChI=1S/C9H10Br2N2O/c10-7-5-9(12-6-8(7)11)13-1-3-14-4-2-13/h5-6H,1-4H2. The molecule has 2 heterocycles. The summed E-state index contributed by atoms with van der Waals surface area (Å²) in [5.41, 5.74) is 0.